The van der Waals surface area contributed by atoms with Crippen LogP contribution in [0.3, 0.4) is 0 Å². The van der Waals surface area contributed by atoms with Gasteiger partial charge in [0.15, 0.2) is 0 Å². The van der Waals surface area contributed by atoms with Crippen LogP contribution in [0.5, 0.6) is 0 Å². The van der Waals surface area contributed by atoms with Crippen molar-refractivity contribution in [3.05, 3.63) is 28.2 Å². The molecule has 1 saturated heterocycles. The largest absolute Gasteiger partial charge is 0.288 e. The number of thiazole rings is 1. The molecule has 0 amide bonds. The first-order valence-electron chi connectivity index (χ1n) is 5.66. The topological polar surface area (TPSA) is 16.1 Å². The van der Waals surface area contributed by atoms with Crippen molar-refractivity contribution in [1.29, 1.82) is 0 Å². The molecule has 15 heavy (non-hydrogen) atoms. The van der Waals surface area contributed by atoms with Crippen LogP contribution in [-0.2, 0) is 6.54 Å². The van der Waals surface area contributed by atoms with Crippen molar-refractivity contribution in [2.24, 2.45) is 0 Å². The standard InChI is InChI=1S/C12H16N2S/c1-9-13-10(8-15-9)7-14-11-3-2-4-12(14)6-5-11/h2-3,8,11-12H,4-7H2,1H3. The lowest BCUT2D eigenvalue weighted by atomic mass is 10.1. The lowest BCUT2D eigenvalue weighted by molar-refractivity contribution is 0.198. The zero-order valence-electron chi connectivity index (χ0n) is 9.02. The summed E-state index contributed by atoms with van der Waals surface area (Å²) in [5.74, 6) is 0. The van der Waals surface area contributed by atoms with Crippen molar-refractivity contribution in [3.63, 3.8) is 0 Å². The van der Waals surface area contributed by atoms with E-state index in [1.165, 1.54) is 30.0 Å². The molecule has 0 aromatic carbocycles. The van der Waals surface area contributed by atoms with Gasteiger partial charge in [-0.25, -0.2) is 4.98 Å². The Morgan fingerprint density at radius 1 is 1.53 bits per heavy atom. The summed E-state index contributed by atoms with van der Waals surface area (Å²) >= 11 is 1.76. The van der Waals surface area contributed by atoms with Crippen LogP contribution in [0.25, 0.3) is 0 Å². The van der Waals surface area contributed by atoms with Crippen LogP contribution < -0.4 is 0 Å². The summed E-state index contributed by atoms with van der Waals surface area (Å²) in [5.41, 5.74) is 1.25. The highest BCUT2D eigenvalue weighted by atomic mass is 32.1. The second-order valence-corrected chi connectivity index (χ2v) is 5.55. The molecular formula is C12H16N2S. The fourth-order valence-electron chi connectivity index (χ4n) is 2.73. The van der Waals surface area contributed by atoms with E-state index in [9.17, 15) is 0 Å². The summed E-state index contributed by atoms with van der Waals surface area (Å²) in [7, 11) is 0. The first-order valence-corrected chi connectivity index (χ1v) is 6.54. The van der Waals surface area contributed by atoms with Gasteiger partial charge in [0.2, 0.25) is 0 Å². The molecule has 0 saturated carbocycles. The van der Waals surface area contributed by atoms with Gasteiger partial charge in [-0.05, 0) is 26.2 Å². The third-order valence-corrected chi connectivity index (χ3v) is 4.29. The molecular weight excluding hydrogens is 204 g/mol. The summed E-state index contributed by atoms with van der Waals surface area (Å²) in [6.07, 6.45) is 8.67. The van der Waals surface area contributed by atoms with E-state index in [1.54, 1.807) is 11.3 Å². The highest BCUT2D eigenvalue weighted by molar-refractivity contribution is 7.09. The molecule has 0 spiro atoms. The van der Waals surface area contributed by atoms with Crippen LogP contribution in [0, 0.1) is 6.92 Å². The number of aromatic nitrogens is 1. The predicted molar refractivity (Wildman–Crippen MR) is 63.0 cm³/mol. The molecule has 80 valence electrons. The quantitative estimate of drug-likeness (QED) is 0.712. The molecule has 2 aliphatic rings. The normalized spacial score (nSPS) is 29.9. The van der Waals surface area contributed by atoms with Crippen LogP contribution in [-0.4, -0.2) is 22.0 Å². The number of hydrogen-bond donors (Lipinski definition) is 0. The van der Waals surface area contributed by atoms with E-state index in [1.807, 2.05) is 0 Å². The number of rotatable bonds is 2. The minimum atomic E-state index is 0.686. The van der Waals surface area contributed by atoms with Crippen LogP contribution >= 0.6 is 11.3 Å². The molecule has 2 bridgehead atoms. The molecule has 1 fully saturated rings. The van der Waals surface area contributed by atoms with Gasteiger partial charge in [0.05, 0.1) is 10.7 Å². The zero-order valence-corrected chi connectivity index (χ0v) is 9.83. The van der Waals surface area contributed by atoms with E-state index in [0.717, 1.165) is 12.6 Å². The van der Waals surface area contributed by atoms with Gasteiger partial charge in [-0.3, -0.25) is 4.90 Å². The van der Waals surface area contributed by atoms with Crippen LogP contribution in [0.15, 0.2) is 17.5 Å². The fourth-order valence-corrected chi connectivity index (χ4v) is 3.34. The van der Waals surface area contributed by atoms with Crippen molar-refractivity contribution in [2.75, 3.05) is 0 Å². The zero-order chi connectivity index (χ0) is 10.3. The average Bonchev–Trinajstić information content (AvgIpc) is 2.71. The summed E-state index contributed by atoms with van der Waals surface area (Å²) < 4.78 is 0. The van der Waals surface area contributed by atoms with Gasteiger partial charge in [0, 0.05) is 24.0 Å². The molecule has 2 atom stereocenters. The Morgan fingerprint density at radius 2 is 2.47 bits per heavy atom. The third-order valence-electron chi connectivity index (χ3n) is 3.47. The Morgan fingerprint density at radius 3 is 3.20 bits per heavy atom. The average molecular weight is 220 g/mol. The van der Waals surface area contributed by atoms with E-state index in [4.69, 9.17) is 0 Å². The lowest BCUT2D eigenvalue weighted by Crippen LogP contribution is -2.36. The molecule has 2 aliphatic heterocycles. The molecule has 2 nitrogen and oxygen atoms in total. The molecule has 3 heteroatoms. The van der Waals surface area contributed by atoms with Gasteiger partial charge in [-0.1, -0.05) is 12.2 Å². The highest BCUT2D eigenvalue weighted by Crippen LogP contribution is 2.32. The first kappa shape index (κ1) is 9.55. The van der Waals surface area contributed by atoms with E-state index in [2.05, 4.69) is 34.3 Å². The summed E-state index contributed by atoms with van der Waals surface area (Å²) in [4.78, 5) is 7.17. The molecule has 0 radical (unpaired) electrons. The van der Waals surface area contributed by atoms with Gasteiger partial charge in [-0.2, -0.15) is 0 Å². The maximum absolute atomic E-state index is 4.55. The fraction of sp³-hybridized carbons (Fsp3) is 0.583. The Bertz CT molecular complexity index is 383. The monoisotopic (exact) mass is 220 g/mol. The minimum Gasteiger partial charge on any atom is -0.288 e. The van der Waals surface area contributed by atoms with Crippen LogP contribution in [0.1, 0.15) is 30.0 Å². The van der Waals surface area contributed by atoms with E-state index in [0.29, 0.717) is 6.04 Å². The molecule has 1 aromatic rings. The SMILES string of the molecule is Cc1nc(CN2C3C=CCC2CC3)cs1. The van der Waals surface area contributed by atoms with Crippen molar-refractivity contribution >= 4 is 11.3 Å². The van der Waals surface area contributed by atoms with Gasteiger partial charge in [0.1, 0.15) is 0 Å². The Kier molecular flexibility index (Phi) is 2.37. The van der Waals surface area contributed by atoms with Crippen LogP contribution in [0.4, 0.5) is 0 Å². The molecule has 2 unspecified atom stereocenters. The van der Waals surface area contributed by atoms with Gasteiger partial charge >= 0.3 is 0 Å². The van der Waals surface area contributed by atoms with Crippen molar-refractivity contribution in [2.45, 2.75) is 44.8 Å². The molecule has 1 aromatic heterocycles. The molecule has 3 heterocycles. The van der Waals surface area contributed by atoms with Gasteiger partial charge in [-0.15, -0.1) is 11.3 Å². The van der Waals surface area contributed by atoms with E-state index in [-0.39, 0.29) is 0 Å². The Labute approximate surface area is 94.6 Å². The minimum absolute atomic E-state index is 0.686. The maximum Gasteiger partial charge on any atom is 0.0897 e. The summed E-state index contributed by atoms with van der Waals surface area (Å²) in [6, 6.07) is 1.47. The second kappa shape index (κ2) is 3.72. The third kappa shape index (κ3) is 1.74. The summed E-state index contributed by atoms with van der Waals surface area (Å²) in [6.45, 7) is 3.13. The smallest absolute Gasteiger partial charge is 0.0897 e. The highest BCUT2D eigenvalue weighted by Gasteiger charge is 2.33. The van der Waals surface area contributed by atoms with E-state index >= 15 is 0 Å². The van der Waals surface area contributed by atoms with E-state index < -0.39 is 0 Å². The number of fused-ring (bicyclic) bond motifs is 2. The molecule has 0 N–H and O–H groups in total. The second-order valence-electron chi connectivity index (χ2n) is 4.49. The number of nitrogens with zero attached hydrogens (tertiary/aromatic N) is 2. The van der Waals surface area contributed by atoms with Crippen molar-refractivity contribution in [3.8, 4) is 0 Å². The predicted octanol–water partition coefficient (Wildman–Crippen LogP) is 2.74. The lowest BCUT2D eigenvalue weighted by Gasteiger charge is -2.30. The number of hydrogen-bond acceptors (Lipinski definition) is 3. The Hall–Kier alpha value is -0.670. The number of aryl methyl sites for hydroxylation is 1. The van der Waals surface area contributed by atoms with Crippen molar-refractivity contribution in [1.82, 2.24) is 9.88 Å². The molecule has 3 rings (SSSR count). The Balaban J connectivity index is 1.76. The molecule has 0 aliphatic carbocycles. The van der Waals surface area contributed by atoms with Gasteiger partial charge in [0.25, 0.3) is 0 Å². The first-order chi connectivity index (χ1) is 7.33. The maximum atomic E-state index is 4.55. The summed E-state index contributed by atoms with van der Waals surface area (Å²) in [5, 5.41) is 3.39. The van der Waals surface area contributed by atoms with Gasteiger partial charge < -0.3 is 0 Å². The van der Waals surface area contributed by atoms with Crippen molar-refractivity contribution < 1.29 is 0 Å². The van der Waals surface area contributed by atoms with Crippen LogP contribution in [0.2, 0.25) is 0 Å².